The summed E-state index contributed by atoms with van der Waals surface area (Å²) in [6.07, 6.45) is 5.08. The van der Waals surface area contributed by atoms with Crippen molar-refractivity contribution in [2.45, 2.75) is 7.43 Å². The summed E-state index contributed by atoms with van der Waals surface area (Å²) in [5.41, 5.74) is 0. The molecule has 0 aliphatic rings. The van der Waals surface area contributed by atoms with Gasteiger partial charge in [0.2, 0.25) is 0 Å². The van der Waals surface area contributed by atoms with E-state index in [1.807, 2.05) is 0 Å². The molecule has 0 amide bonds. The molecule has 0 atom stereocenters. The van der Waals surface area contributed by atoms with E-state index in [0.29, 0.717) is 0 Å². The van der Waals surface area contributed by atoms with Gasteiger partial charge in [-0.25, -0.2) is 4.98 Å². The number of aromatic nitrogens is 2. The molecule has 0 radical (unpaired) electrons. The first-order valence-corrected chi connectivity index (χ1v) is 1.43. The molecule has 42 valence electrons. The van der Waals surface area contributed by atoms with E-state index in [1.54, 1.807) is 18.7 Å². The van der Waals surface area contributed by atoms with Gasteiger partial charge in [0.25, 0.3) is 0 Å². The number of hydrogen-bond donors (Lipinski definition) is 2. The summed E-state index contributed by atoms with van der Waals surface area (Å²) in [7, 11) is 0. The zero-order chi connectivity index (χ0) is 3.54. The number of rotatable bonds is 0. The van der Waals surface area contributed by atoms with Gasteiger partial charge in [-0.15, -0.1) is 0 Å². The molecule has 0 fully saturated rings. The summed E-state index contributed by atoms with van der Waals surface area (Å²) in [5, 5.41) is 0. The van der Waals surface area contributed by atoms with Crippen molar-refractivity contribution < 1.29 is 0 Å². The van der Waals surface area contributed by atoms with Crippen LogP contribution < -0.4 is 6.15 Å². The predicted octanol–water partition coefficient (Wildman–Crippen LogP) is 1.21. The molecule has 1 rings (SSSR count). The Bertz CT molecular complexity index is 63.4. The highest BCUT2D eigenvalue weighted by Crippen LogP contribution is 1.62. The molecule has 4 N–H and O–H groups in total. The van der Waals surface area contributed by atoms with Crippen LogP contribution in [0.1, 0.15) is 7.43 Å². The molecule has 0 saturated heterocycles. The van der Waals surface area contributed by atoms with Gasteiger partial charge in [-0.1, -0.05) is 7.43 Å². The van der Waals surface area contributed by atoms with Gasteiger partial charge in [0.1, 0.15) is 0 Å². The molecule has 3 heteroatoms. The normalized spacial score (nSPS) is 5.71. The third kappa shape index (κ3) is 2.99. The van der Waals surface area contributed by atoms with Gasteiger partial charge in [-0.2, -0.15) is 0 Å². The van der Waals surface area contributed by atoms with Crippen LogP contribution in [0.15, 0.2) is 18.7 Å². The third-order valence-corrected chi connectivity index (χ3v) is 0.406. The van der Waals surface area contributed by atoms with Crippen LogP contribution in [-0.4, -0.2) is 9.97 Å². The molecule has 7 heavy (non-hydrogen) atoms. The average Bonchev–Trinajstić information content (AvgIpc) is 1.76. The zero-order valence-corrected chi connectivity index (χ0v) is 3.39. The topological polar surface area (TPSA) is 63.7 Å². The summed E-state index contributed by atoms with van der Waals surface area (Å²) in [5.74, 6) is 0. The molecule has 0 saturated carbocycles. The highest BCUT2D eigenvalue weighted by Gasteiger charge is 1.56. The van der Waals surface area contributed by atoms with Crippen molar-refractivity contribution in [3.05, 3.63) is 18.7 Å². The minimum atomic E-state index is 0. The van der Waals surface area contributed by atoms with Crippen molar-refractivity contribution in [3.63, 3.8) is 0 Å². The molecular formula is C4H11N3. The van der Waals surface area contributed by atoms with Gasteiger partial charge < -0.3 is 11.1 Å². The van der Waals surface area contributed by atoms with Crippen molar-refractivity contribution in [2.24, 2.45) is 0 Å². The van der Waals surface area contributed by atoms with Crippen LogP contribution in [-0.2, 0) is 0 Å². The number of nitrogens with zero attached hydrogens (tertiary/aromatic N) is 1. The van der Waals surface area contributed by atoms with E-state index in [9.17, 15) is 0 Å². The highest BCUT2D eigenvalue weighted by molar-refractivity contribution is 4.64. The van der Waals surface area contributed by atoms with Gasteiger partial charge in [-0.3, -0.25) is 0 Å². The lowest BCUT2D eigenvalue weighted by molar-refractivity contribution is 1.31. The van der Waals surface area contributed by atoms with E-state index in [1.165, 1.54) is 0 Å². The lowest BCUT2D eigenvalue weighted by Gasteiger charge is -1.46. The molecule has 0 aromatic carbocycles. The standard InChI is InChI=1S/C3H4N2.CH4.H3N/c1-2-5-3-4-1;;/h1-3H,(H,4,5);1H4;1H3. The van der Waals surface area contributed by atoms with Crippen LogP contribution >= 0.6 is 0 Å². The lowest BCUT2D eigenvalue weighted by atomic mass is 11.0. The van der Waals surface area contributed by atoms with Crippen LogP contribution in [0.2, 0.25) is 0 Å². The lowest BCUT2D eigenvalue weighted by Crippen LogP contribution is -1.44. The first-order valence-electron chi connectivity index (χ1n) is 1.43. The Balaban J connectivity index is 0. The highest BCUT2D eigenvalue weighted by atomic mass is 14.8. The van der Waals surface area contributed by atoms with Crippen LogP contribution in [0.3, 0.4) is 0 Å². The summed E-state index contributed by atoms with van der Waals surface area (Å²) in [6.45, 7) is 0. The maximum Gasteiger partial charge on any atom is 0.0919 e. The van der Waals surface area contributed by atoms with Gasteiger partial charge in [-0.05, 0) is 0 Å². The van der Waals surface area contributed by atoms with Crippen molar-refractivity contribution in [1.82, 2.24) is 16.1 Å². The molecule has 0 spiro atoms. The van der Waals surface area contributed by atoms with Gasteiger partial charge in [0.05, 0.1) is 6.33 Å². The van der Waals surface area contributed by atoms with E-state index in [2.05, 4.69) is 9.97 Å². The Morgan fingerprint density at radius 2 is 2.14 bits per heavy atom. The van der Waals surface area contributed by atoms with E-state index in [0.717, 1.165) is 0 Å². The second-order valence-corrected chi connectivity index (χ2v) is 0.761. The van der Waals surface area contributed by atoms with Gasteiger partial charge in [0, 0.05) is 12.4 Å². The summed E-state index contributed by atoms with van der Waals surface area (Å²) in [4.78, 5) is 6.42. The fourth-order valence-electron chi connectivity index (χ4n) is 0.215. The van der Waals surface area contributed by atoms with Crippen LogP contribution in [0.4, 0.5) is 0 Å². The fraction of sp³-hybridized carbons (Fsp3) is 0.250. The molecule has 1 aromatic heterocycles. The van der Waals surface area contributed by atoms with E-state index in [-0.39, 0.29) is 13.6 Å². The summed E-state index contributed by atoms with van der Waals surface area (Å²) in [6, 6.07) is 0. The number of aromatic amines is 1. The van der Waals surface area contributed by atoms with E-state index in [4.69, 9.17) is 0 Å². The van der Waals surface area contributed by atoms with Crippen molar-refractivity contribution in [2.75, 3.05) is 0 Å². The minimum Gasteiger partial charge on any atom is -0.351 e. The monoisotopic (exact) mass is 101 g/mol. The SMILES string of the molecule is C.N.c1c[nH]cn1. The second-order valence-electron chi connectivity index (χ2n) is 0.761. The van der Waals surface area contributed by atoms with E-state index < -0.39 is 0 Å². The number of nitrogens with one attached hydrogen (secondary N) is 1. The van der Waals surface area contributed by atoms with Crippen LogP contribution in [0.25, 0.3) is 0 Å². The zero-order valence-electron chi connectivity index (χ0n) is 3.39. The van der Waals surface area contributed by atoms with Crippen LogP contribution in [0.5, 0.6) is 0 Å². The first-order chi connectivity index (χ1) is 2.50. The summed E-state index contributed by atoms with van der Waals surface area (Å²) < 4.78 is 0. The Labute approximate surface area is 43.4 Å². The average molecular weight is 101 g/mol. The molecule has 1 heterocycles. The molecule has 3 nitrogen and oxygen atoms in total. The maximum atomic E-state index is 3.67. The Hall–Kier alpha value is -0.830. The number of imidazole rings is 1. The Kier molecular flexibility index (Phi) is 7.00. The minimum absolute atomic E-state index is 0. The van der Waals surface area contributed by atoms with Crippen molar-refractivity contribution in [1.29, 1.82) is 0 Å². The van der Waals surface area contributed by atoms with Crippen molar-refractivity contribution >= 4 is 0 Å². The largest absolute Gasteiger partial charge is 0.351 e. The summed E-state index contributed by atoms with van der Waals surface area (Å²) >= 11 is 0. The molecule has 0 bridgehead atoms. The van der Waals surface area contributed by atoms with Crippen molar-refractivity contribution in [3.8, 4) is 0 Å². The predicted molar refractivity (Wildman–Crippen MR) is 30.3 cm³/mol. The first kappa shape index (κ1) is 9.48. The molecule has 0 aliphatic heterocycles. The van der Waals surface area contributed by atoms with Crippen LogP contribution in [0, 0.1) is 0 Å². The van der Waals surface area contributed by atoms with Gasteiger partial charge >= 0.3 is 0 Å². The van der Waals surface area contributed by atoms with Gasteiger partial charge in [0.15, 0.2) is 0 Å². The van der Waals surface area contributed by atoms with E-state index >= 15 is 0 Å². The molecule has 1 aromatic rings. The maximum absolute atomic E-state index is 3.67. The Morgan fingerprint density at radius 1 is 1.43 bits per heavy atom. The fourth-order valence-corrected chi connectivity index (χ4v) is 0.215. The number of hydrogen-bond acceptors (Lipinski definition) is 2. The molecule has 0 aliphatic carbocycles. The third-order valence-electron chi connectivity index (χ3n) is 0.406. The number of H-pyrrole nitrogens is 1. The smallest absolute Gasteiger partial charge is 0.0919 e. The Morgan fingerprint density at radius 3 is 2.29 bits per heavy atom. The molecule has 0 unspecified atom stereocenters. The quantitative estimate of drug-likeness (QED) is 0.515. The molecular weight excluding hydrogens is 90.1 g/mol. The second kappa shape index (κ2) is 5.17.